The second-order valence-electron chi connectivity index (χ2n) is 5.55. The van der Waals surface area contributed by atoms with Crippen molar-refractivity contribution in [1.29, 1.82) is 0 Å². The van der Waals surface area contributed by atoms with E-state index in [2.05, 4.69) is 20.8 Å². The first kappa shape index (κ1) is 18.0. The highest BCUT2D eigenvalue weighted by Gasteiger charge is 2.15. The normalized spacial score (nSPS) is 10.8. The largest absolute Gasteiger partial charge is 0.323 e. The van der Waals surface area contributed by atoms with Crippen LogP contribution in [-0.2, 0) is 4.79 Å². The van der Waals surface area contributed by atoms with Crippen LogP contribution < -0.4 is 5.32 Å². The van der Waals surface area contributed by atoms with E-state index >= 15 is 0 Å². The van der Waals surface area contributed by atoms with Gasteiger partial charge in [0.1, 0.15) is 11.6 Å². The fourth-order valence-electron chi connectivity index (χ4n) is 2.29. The molecule has 3 aromatic rings. The fourth-order valence-corrected chi connectivity index (χ4v) is 2.98. The number of thioether (sulfide) groups is 1. The Morgan fingerprint density at radius 2 is 2.04 bits per heavy atom. The quantitative estimate of drug-likeness (QED) is 0.693. The third-order valence-electron chi connectivity index (χ3n) is 3.78. The maximum atomic E-state index is 13.6. The van der Waals surface area contributed by atoms with E-state index < -0.39 is 17.5 Å². The summed E-state index contributed by atoms with van der Waals surface area (Å²) in [5.41, 5.74) is 2.72. The summed E-state index contributed by atoms with van der Waals surface area (Å²) < 4.78 is 28.3. The molecule has 0 aliphatic carbocycles. The number of carbonyl (C=O) groups excluding carboxylic acids is 1. The number of nitrogens with one attached hydrogen (secondary N) is 1. The van der Waals surface area contributed by atoms with Crippen LogP contribution in [0.25, 0.3) is 5.69 Å². The van der Waals surface area contributed by atoms with Gasteiger partial charge >= 0.3 is 0 Å². The molecule has 26 heavy (non-hydrogen) atoms. The van der Waals surface area contributed by atoms with Crippen molar-refractivity contribution in [1.82, 2.24) is 20.2 Å². The summed E-state index contributed by atoms with van der Waals surface area (Å²) in [5, 5.41) is 14.3. The SMILES string of the molecule is Cc1cccc(-n2nnnc2SCC(=O)Nc2cc(F)ccc2F)c1C. The van der Waals surface area contributed by atoms with E-state index in [9.17, 15) is 13.6 Å². The Labute approximate surface area is 152 Å². The van der Waals surface area contributed by atoms with Crippen LogP contribution in [0.5, 0.6) is 0 Å². The Hall–Kier alpha value is -2.81. The number of rotatable bonds is 5. The molecule has 134 valence electrons. The molecule has 3 rings (SSSR count). The second-order valence-corrected chi connectivity index (χ2v) is 6.50. The molecule has 2 aromatic carbocycles. The Kier molecular flexibility index (Phi) is 5.27. The summed E-state index contributed by atoms with van der Waals surface area (Å²) in [6.07, 6.45) is 0. The van der Waals surface area contributed by atoms with Gasteiger partial charge in [-0.25, -0.2) is 8.78 Å². The van der Waals surface area contributed by atoms with Gasteiger partial charge in [0.15, 0.2) is 0 Å². The second kappa shape index (κ2) is 7.61. The summed E-state index contributed by atoms with van der Waals surface area (Å²) in [4.78, 5) is 12.0. The maximum absolute atomic E-state index is 13.6. The summed E-state index contributed by atoms with van der Waals surface area (Å²) in [6.45, 7) is 3.94. The van der Waals surface area contributed by atoms with Crippen molar-refractivity contribution in [2.45, 2.75) is 19.0 Å². The summed E-state index contributed by atoms with van der Waals surface area (Å²) in [7, 11) is 0. The lowest BCUT2D eigenvalue weighted by molar-refractivity contribution is -0.113. The molecule has 9 heteroatoms. The number of amides is 1. The molecule has 1 N–H and O–H groups in total. The molecule has 0 saturated carbocycles. The minimum atomic E-state index is -0.704. The van der Waals surface area contributed by atoms with Crippen LogP contribution in [0.2, 0.25) is 0 Å². The van der Waals surface area contributed by atoms with E-state index in [-0.39, 0.29) is 11.4 Å². The number of aryl methyl sites for hydroxylation is 1. The van der Waals surface area contributed by atoms with Crippen molar-refractivity contribution in [3.05, 3.63) is 59.2 Å². The maximum Gasteiger partial charge on any atom is 0.234 e. The average Bonchev–Trinajstić information content (AvgIpc) is 3.07. The molecule has 0 aliphatic heterocycles. The van der Waals surface area contributed by atoms with Crippen molar-refractivity contribution in [3.8, 4) is 5.69 Å². The molecular weight excluding hydrogens is 360 g/mol. The summed E-state index contributed by atoms with van der Waals surface area (Å²) in [5.74, 6) is -1.88. The first-order valence-corrected chi connectivity index (χ1v) is 8.67. The molecule has 1 amide bonds. The highest BCUT2D eigenvalue weighted by atomic mass is 32.2. The van der Waals surface area contributed by atoms with Crippen molar-refractivity contribution in [2.75, 3.05) is 11.1 Å². The van der Waals surface area contributed by atoms with Gasteiger partial charge in [-0.1, -0.05) is 23.9 Å². The Balaban J connectivity index is 1.71. The number of carbonyl (C=O) groups is 1. The number of halogens is 2. The minimum Gasteiger partial charge on any atom is -0.323 e. The molecule has 0 spiro atoms. The van der Waals surface area contributed by atoms with Crippen LogP contribution in [0, 0.1) is 25.5 Å². The van der Waals surface area contributed by atoms with Crippen LogP contribution in [0.15, 0.2) is 41.6 Å². The van der Waals surface area contributed by atoms with Gasteiger partial charge < -0.3 is 5.32 Å². The topological polar surface area (TPSA) is 72.7 Å². The first-order chi connectivity index (χ1) is 12.5. The van der Waals surface area contributed by atoms with E-state index in [0.29, 0.717) is 5.16 Å². The standard InChI is InChI=1S/C17H15F2N5OS/c1-10-4-3-5-15(11(10)2)24-17(21-22-23-24)26-9-16(25)20-14-8-12(18)6-7-13(14)19/h3-8H,9H2,1-2H3,(H,20,25). The molecule has 0 radical (unpaired) electrons. The summed E-state index contributed by atoms with van der Waals surface area (Å²) in [6, 6.07) is 8.63. The number of aromatic nitrogens is 4. The van der Waals surface area contributed by atoms with Crippen molar-refractivity contribution in [3.63, 3.8) is 0 Å². The zero-order chi connectivity index (χ0) is 18.7. The van der Waals surface area contributed by atoms with Crippen molar-refractivity contribution < 1.29 is 13.6 Å². The van der Waals surface area contributed by atoms with Crippen LogP contribution in [0.4, 0.5) is 14.5 Å². The first-order valence-electron chi connectivity index (χ1n) is 7.68. The molecule has 6 nitrogen and oxygen atoms in total. The van der Waals surface area contributed by atoms with Gasteiger partial charge in [-0.3, -0.25) is 4.79 Å². The molecular formula is C17H15F2N5OS. The zero-order valence-electron chi connectivity index (χ0n) is 14.0. The molecule has 1 aromatic heterocycles. The third-order valence-corrected chi connectivity index (χ3v) is 4.70. The van der Waals surface area contributed by atoms with Gasteiger partial charge in [-0.15, -0.1) is 5.10 Å². The number of hydrogen-bond acceptors (Lipinski definition) is 5. The minimum absolute atomic E-state index is 0.0544. The van der Waals surface area contributed by atoms with Gasteiger partial charge in [0, 0.05) is 6.07 Å². The van der Waals surface area contributed by atoms with Gasteiger partial charge in [0.25, 0.3) is 0 Å². The lowest BCUT2D eigenvalue weighted by Gasteiger charge is -2.10. The van der Waals surface area contributed by atoms with Crippen molar-refractivity contribution in [2.24, 2.45) is 0 Å². The fraction of sp³-hybridized carbons (Fsp3) is 0.176. The van der Waals surface area contributed by atoms with Crippen LogP contribution in [-0.4, -0.2) is 31.9 Å². The number of hydrogen-bond donors (Lipinski definition) is 1. The van der Waals surface area contributed by atoms with Crippen LogP contribution in [0.3, 0.4) is 0 Å². The lowest BCUT2D eigenvalue weighted by atomic mass is 10.1. The molecule has 0 unspecified atom stereocenters. The highest BCUT2D eigenvalue weighted by Crippen LogP contribution is 2.23. The molecule has 0 bridgehead atoms. The molecule has 0 saturated heterocycles. The number of anilines is 1. The highest BCUT2D eigenvalue weighted by molar-refractivity contribution is 7.99. The predicted molar refractivity (Wildman–Crippen MR) is 94.3 cm³/mol. The Morgan fingerprint density at radius 3 is 2.85 bits per heavy atom. The zero-order valence-corrected chi connectivity index (χ0v) is 14.8. The van der Waals surface area contributed by atoms with Gasteiger partial charge in [-0.05, 0) is 53.6 Å². The van der Waals surface area contributed by atoms with E-state index in [0.717, 1.165) is 46.8 Å². The van der Waals surface area contributed by atoms with E-state index in [4.69, 9.17) is 0 Å². The Morgan fingerprint density at radius 1 is 1.23 bits per heavy atom. The monoisotopic (exact) mass is 375 g/mol. The predicted octanol–water partition coefficient (Wildman–Crippen LogP) is 3.29. The third kappa shape index (κ3) is 3.88. The van der Waals surface area contributed by atoms with Gasteiger partial charge in [0.05, 0.1) is 17.1 Å². The van der Waals surface area contributed by atoms with Crippen LogP contribution in [0.1, 0.15) is 11.1 Å². The molecule has 1 heterocycles. The van der Waals surface area contributed by atoms with Gasteiger partial charge in [-0.2, -0.15) is 4.68 Å². The molecule has 0 aliphatic rings. The number of benzene rings is 2. The van der Waals surface area contributed by atoms with E-state index in [1.54, 1.807) is 4.68 Å². The van der Waals surface area contributed by atoms with Crippen molar-refractivity contribution >= 4 is 23.4 Å². The van der Waals surface area contributed by atoms with E-state index in [1.807, 2.05) is 32.0 Å². The average molecular weight is 375 g/mol. The molecule has 0 atom stereocenters. The summed E-state index contributed by atoms with van der Waals surface area (Å²) >= 11 is 1.10. The van der Waals surface area contributed by atoms with Gasteiger partial charge in [0.2, 0.25) is 11.1 Å². The number of tetrazole rings is 1. The van der Waals surface area contributed by atoms with Crippen LogP contribution >= 0.6 is 11.8 Å². The number of nitrogens with zero attached hydrogens (tertiary/aromatic N) is 4. The Bertz CT molecular complexity index is 960. The molecule has 0 fully saturated rings. The lowest BCUT2D eigenvalue weighted by Crippen LogP contribution is -2.16. The van der Waals surface area contributed by atoms with E-state index in [1.165, 1.54) is 0 Å². The smallest absolute Gasteiger partial charge is 0.234 e.